The molecule has 126 valence electrons. The van der Waals surface area contributed by atoms with Crippen molar-refractivity contribution in [3.63, 3.8) is 0 Å². The highest BCUT2D eigenvalue weighted by molar-refractivity contribution is 7.89. The van der Waals surface area contributed by atoms with Crippen LogP contribution in [0.1, 0.15) is 12.5 Å². The number of benzene rings is 2. The van der Waals surface area contributed by atoms with E-state index in [0.29, 0.717) is 22.3 Å². The van der Waals surface area contributed by atoms with Crippen LogP contribution in [0.15, 0.2) is 47.4 Å². The first-order chi connectivity index (χ1) is 11.4. The number of halogens is 1. The van der Waals surface area contributed by atoms with Gasteiger partial charge < -0.3 is 4.74 Å². The minimum absolute atomic E-state index is 0.120. The Balaban J connectivity index is 2.22. The van der Waals surface area contributed by atoms with E-state index in [4.69, 9.17) is 21.6 Å². The molecule has 0 aromatic heterocycles. The zero-order valence-corrected chi connectivity index (χ0v) is 15.2. The molecular weight excluding hydrogens is 368 g/mol. The molecule has 0 saturated heterocycles. The summed E-state index contributed by atoms with van der Waals surface area (Å²) in [5.74, 6) is 1.10. The fourth-order valence-corrected chi connectivity index (χ4v) is 3.55. The van der Waals surface area contributed by atoms with Crippen molar-refractivity contribution in [3.8, 4) is 17.6 Å². The summed E-state index contributed by atoms with van der Waals surface area (Å²) in [6.07, 6.45) is 0. The molecule has 0 bridgehead atoms. The second-order valence-electron chi connectivity index (χ2n) is 5.00. The quantitative estimate of drug-likeness (QED) is 0.748. The molecule has 8 heteroatoms. The van der Waals surface area contributed by atoms with E-state index >= 15 is 0 Å². The van der Waals surface area contributed by atoms with Gasteiger partial charge in [-0.1, -0.05) is 17.7 Å². The molecule has 0 aliphatic rings. The molecule has 1 N–H and O–H groups in total. The van der Waals surface area contributed by atoms with E-state index in [9.17, 15) is 8.42 Å². The first kappa shape index (κ1) is 18.6. The summed E-state index contributed by atoms with van der Waals surface area (Å²) in [5.41, 5.74) is 0.222. The zero-order chi connectivity index (χ0) is 17.7. The Hall–Kier alpha value is -1.72. The van der Waals surface area contributed by atoms with E-state index < -0.39 is 10.0 Å². The third-order valence-electron chi connectivity index (χ3n) is 3.08. The normalized spacial score (nSPS) is 12.4. The molecule has 0 aliphatic heterocycles. The van der Waals surface area contributed by atoms with E-state index in [2.05, 4.69) is 17.4 Å². The topological polar surface area (TPSA) is 79.2 Å². The van der Waals surface area contributed by atoms with Crippen LogP contribution >= 0.6 is 24.2 Å². The van der Waals surface area contributed by atoms with Crippen molar-refractivity contribution in [2.75, 3.05) is 5.75 Å². The third kappa shape index (κ3) is 4.42. The molecule has 0 heterocycles. The van der Waals surface area contributed by atoms with E-state index in [1.807, 2.05) is 6.07 Å². The minimum atomic E-state index is -3.61. The van der Waals surface area contributed by atoms with E-state index in [0.717, 1.165) is 0 Å². The van der Waals surface area contributed by atoms with Gasteiger partial charge in [-0.3, -0.25) is 0 Å². The number of rotatable bonds is 6. The van der Waals surface area contributed by atoms with Gasteiger partial charge in [0.15, 0.2) is 0 Å². The molecule has 0 aliphatic carbocycles. The van der Waals surface area contributed by atoms with Crippen molar-refractivity contribution >= 4 is 34.3 Å². The van der Waals surface area contributed by atoms with Gasteiger partial charge in [-0.15, -0.1) is 0 Å². The molecule has 0 saturated carbocycles. The lowest BCUT2D eigenvalue weighted by Gasteiger charge is -2.12. The van der Waals surface area contributed by atoms with Gasteiger partial charge in [0.2, 0.25) is 10.0 Å². The number of thiol groups is 1. The van der Waals surface area contributed by atoms with Gasteiger partial charge in [0.25, 0.3) is 0 Å². The minimum Gasteiger partial charge on any atom is -0.456 e. The highest BCUT2D eigenvalue weighted by atomic mass is 35.5. The first-order valence-electron chi connectivity index (χ1n) is 6.97. The van der Waals surface area contributed by atoms with Crippen LogP contribution in [-0.2, 0) is 10.0 Å². The Kier molecular flexibility index (Phi) is 6.13. The average molecular weight is 383 g/mol. The molecule has 2 rings (SSSR count). The first-order valence-corrected chi connectivity index (χ1v) is 9.46. The van der Waals surface area contributed by atoms with Crippen molar-refractivity contribution in [1.29, 1.82) is 5.26 Å². The van der Waals surface area contributed by atoms with Gasteiger partial charge in [0, 0.05) is 11.8 Å². The fourth-order valence-electron chi connectivity index (χ4n) is 1.88. The van der Waals surface area contributed by atoms with Crippen LogP contribution in [0.3, 0.4) is 0 Å². The lowest BCUT2D eigenvalue weighted by atomic mass is 10.2. The summed E-state index contributed by atoms with van der Waals surface area (Å²) in [6.45, 7) is 1.73. The Morgan fingerprint density at radius 2 is 1.96 bits per heavy atom. The van der Waals surface area contributed by atoms with Crippen LogP contribution in [0.25, 0.3) is 0 Å². The number of hydrogen-bond donors (Lipinski definition) is 2. The molecule has 2 aromatic rings. The van der Waals surface area contributed by atoms with Crippen LogP contribution in [0.2, 0.25) is 5.02 Å². The molecular formula is C16H15ClN2O3S2. The monoisotopic (exact) mass is 382 g/mol. The molecule has 24 heavy (non-hydrogen) atoms. The van der Waals surface area contributed by atoms with Crippen LogP contribution in [0.5, 0.6) is 11.5 Å². The molecule has 0 radical (unpaired) electrons. The summed E-state index contributed by atoms with van der Waals surface area (Å²) in [4.78, 5) is 0.120. The van der Waals surface area contributed by atoms with Crippen molar-refractivity contribution in [3.05, 3.63) is 53.1 Å². The number of sulfonamides is 1. The van der Waals surface area contributed by atoms with Crippen molar-refractivity contribution in [2.24, 2.45) is 0 Å². The number of ether oxygens (including phenoxy) is 1. The second kappa shape index (κ2) is 7.90. The molecule has 0 fully saturated rings. The highest BCUT2D eigenvalue weighted by Crippen LogP contribution is 2.30. The fraction of sp³-hybridized carbons (Fsp3) is 0.188. The largest absolute Gasteiger partial charge is 0.456 e. The third-order valence-corrected chi connectivity index (χ3v) is 5.55. The number of nitriles is 1. The Bertz CT molecular complexity index is 862. The van der Waals surface area contributed by atoms with E-state index in [1.165, 1.54) is 24.3 Å². The lowest BCUT2D eigenvalue weighted by Crippen LogP contribution is -2.33. The predicted octanol–water partition coefficient (Wildman–Crippen LogP) is 3.60. The van der Waals surface area contributed by atoms with Crippen LogP contribution in [-0.4, -0.2) is 20.2 Å². The zero-order valence-electron chi connectivity index (χ0n) is 12.7. The van der Waals surface area contributed by atoms with Gasteiger partial charge >= 0.3 is 0 Å². The summed E-state index contributed by atoms with van der Waals surface area (Å²) < 4.78 is 32.5. The molecule has 0 amide bonds. The van der Waals surface area contributed by atoms with Gasteiger partial charge in [-0.2, -0.15) is 17.9 Å². The maximum absolute atomic E-state index is 12.2. The Morgan fingerprint density at radius 1 is 1.29 bits per heavy atom. The summed E-state index contributed by atoms with van der Waals surface area (Å²) in [7, 11) is -3.61. The maximum atomic E-state index is 12.2. The molecule has 1 atom stereocenters. The second-order valence-corrected chi connectivity index (χ2v) is 7.49. The van der Waals surface area contributed by atoms with Gasteiger partial charge in [0.05, 0.1) is 9.92 Å². The smallest absolute Gasteiger partial charge is 0.240 e. The Morgan fingerprint density at radius 3 is 2.54 bits per heavy atom. The average Bonchev–Trinajstić information content (AvgIpc) is 2.55. The van der Waals surface area contributed by atoms with Crippen LogP contribution < -0.4 is 9.46 Å². The van der Waals surface area contributed by atoms with Gasteiger partial charge in [-0.05, 0) is 43.3 Å². The molecule has 0 spiro atoms. The molecule has 5 nitrogen and oxygen atoms in total. The van der Waals surface area contributed by atoms with Crippen molar-refractivity contribution in [1.82, 2.24) is 4.72 Å². The van der Waals surface area contributed by atoms with Crippen molar-refractivity contribution in [2.45, 2.75) is 17.9 Å². The summed E-state index contributed by atoms with van der Waals surface area (Å²) in [5, 5.41) is 9.42. The SMILES string of the molecule is C[C@H](CS)NS(=O)(=O)c1ccc(Oc2cccc(Cl)c2C#N)cc1. The lowest BCUT2D eigenvalue weighted by molar-refractivity contribution is 0.480. The van der Waals surface area contributed by atoms with Crippen LogP contribution in [0.4, 0.5) is 0 Å². The van der Waals surface area contributed by atoms with Crippen molar-refractivity contribution < 1.29 is 13.2 Å². The summed E-state index contributed by atoms with van der Waals surface area (Å²) >= 11 is 10.0. The van der Waals surface area contributed by atoms with Crippen LogP contribution in [0, 0.1) is 11.3 Å². The molecule has 0 unspecified atom stereocenters. The standard InChI is InChI=1S/C16H15ClN2O3S2/c1-11(10-23)19-24(20,21)13-7-5-12(6-8-13)22-16-4-2-3-15(17)14(16)9-18/h2-8,11,19,23H,10H2,1H3/t11-/m1/s1. The maximum Gasteiger partial charge on any atom is 0.240 e. The van der Waals surface area contributed by atoms with Gasteiger partial charge in [0.1, 0.15) is 23.1 Å². The highest BCUT2D eigenvalue weighted by Gasteiger charge is 2.17. The van der Waals surface area contributed by atoms with Gasteiger partial charge in [-0.25, -0.2) is 13.1 Å². The Labute approximate surface area is 151 Å². The van der Waals surface area contributed by atoms with E-state index in [1.54, 1.807) is 25.1 Å². The summed E-state index contributed by atoms with van der Waals surface area (Å²) in [6, 6.07) is 12.5. The number of nitrogens with zero attached hydrogens (tertiary/aromatic N) is 1. The predicted molar refractivity (Wildman–Crippen MR) is 96.3 cm³/mol. The number of nitrogens with one attached hydrogen (secondary N) is 1. The molecule has 2 aromatic carbocycles. The number of hydrogen-bond acceptors (Lipinski definition) is 5. The van der Waals surface area contributed by atoms with E-state index in [-0.39, 0.29) is 16.5 Å².